The van der Waals surface area contributed by atoms with Crippen molar-refractivity contribution in [2.75, 3.05) is 9.80 Å². The quantitative estimate of drug-likeness (QED) is 0.0108. The zero-order chi connectivity index (χ0) is 99.7. The number of para-hydroxylation sites is 2. The van der Waals surface area contributed by atoms with Crippen LogP contribution in [0.4, 0.5) is 11.4 Å². The highest BCUT2D eigenvalue weighted by atomic mass is 32.2. The van der Waals surface area contributed by atoms with Crippen molar-refractivity contribution in [1.82, 2.24) is 0 Å². The minimum Gasteiger partial charge on any atom is -0.456 e. The zero-order valence-corrected chi connectivity index (χ0v) is 79.3. The van der Waals surface area contributed by atoms with Crippen molar-refractivity contribution in [1.29, 1.82) is 0 Å². The van der Waals surface area contributed by atoms with Crippen LogP contribution in [0.1, 0.15) is 143 Å². The molecule has 4 amide bonds. The molecule has 0 unspecified atom stereocenters. The maximum absolute atomic E-state index is 17.2. The molecule has 8 N–H and O–H groups in total. The first-order valence-electron chi connectivity index (χ1n) is 41.4. The van der Waals surface area contributed by atoms with Crippen LogP contribution in [-0.4, -0.2) is 127 Å². The van der Waals surface area contributed by atoms with Crippen molar-refractivity contribution in [2.24, 2.45) is 0 Å². The molecule has 0 saturated carbocycles. The first-order chi connectivity index (χ1) is 64.5. The van der Waals surface area contributed by atoms with Crippen LogP contribution in [-0.2, 0) is 80.9 Å². The second-order valence-electron chi connectivity index (χ2n) is 33.7. The van der Waals surface area contributed by atoms with Gasteiger partial charge in [0.2, 0.25) is 0 Å². The fourth-order valence-electron chi connectivity index (χ4n) is 17.4. The van der Waals surface area contributed by atoms with E-state index < -0.39 is 268 Å². The normalized spacial score (nSPS) is 13.7. The third-order valence-corrected chi connectivity index (χ3v) is 30.6. The van der Waals surface area contributed by atoms with Gasteiger partial charge in [-0.2, -0.15) is 67.3 Å². The van der Waals surface area contributed by atoms with Crippen molar-refractivity contribution < 1.29 is 142 Å². The highest BCUT2D eigenvalue weighted by Gasteiger charge is 2.46. The van der Waals surface area contributed by atoms with E-state index in [1.165, 1.54) is 0 Å². The number of benzene rings is 15. The van der Waals surface area contributed by atoms with Crippen molar-refractivity contribution >= 4 is 159 Å². The largest absolute Gasteiger partial charge is 0.456 e. The average molecular weight is 2020 g/mol. The van der Waals surface area contributed by atoms with Gasteiger partial charge in [0.15, 0.2) is 0 Å². The summed E-state index contributed by atoms with van der Waals surface area (Å²) in [4.78, 5) is 64.6. The number of nitrogens with zero attached hydrogens (tertiary/aromatic N) is 2. The van der Waals surface area contributed by atoms with Gasteiger partial charge in [-0.3, -0.25) is 55.6 Å². The molecule has 17 rings (SSSR count). The number of fused-ring (bicyclic) bond motifs is 2. The highest BCUT2D eigenvalue weighted by Crippen LogP contribution is 2.61. The molecule has 15 aromatic rings. The maximum Gasteiger partial charge on any atom is 0.294 e. The molecular weight excluding hydrogens is 1950 g/mol. The van der Waals surface area contributed by atoms with Gasteiger partial charge in [-0.05, 0) is 214 Å². The van der Waals surface area contributed by atoms with E-state index in [0.29, 0.717) is 22.3 Å². The van der Waals surface area contributed by atoms with Crippen LogP contribution >= 0.6 is 0 Å². The number of amides is 4. The van der Waals surface area contributed by atoms with Gasteiger partial charge in [0.05, 0.1) is 72.8 Å². The summed E-state index contributed by atoms with van der Waals surface area (Å²) in [5.41, 5.74) is -2.36. The minimum atomic E-state index is -5.29. The Bertz CT molecular complexity index is 7870. The maximum atomic E-state index is 17.2. The number of carbonyl (C=O) groups is 4. The fraction of sp³-hybridized carbons (Fsp3) is 0.125. The standard InChI is InChI=1S/C96H74N2O32S8/c1-47(2)63-11-9-12-64(48(3)4)91(63)97-93(99)71-43-79(127-75-35-31-59(135(115,116)117)39-67(75)51-15-23-55(24-16-51)131(103,104)105)85-87-81(129-77-37-33-61(137(121,122)123)41-69(77)53-19-27-57(28-20-53)133(109,110)111)45-73-84-74(96(102)98(95(73)101)92-65(49(5)6)13-10-14-66(92)50(7)8)46-82(130-78-38-34-62(138(124,125)126)42-70(78)54-21-29-58(30-22-54)134(112,113)114)88(90(84)87)86-80(44-72(94(97)100)83(71)89(85)86)128-76-36-32-60(136(118,119)120)40-68(76)52-17-25-56(26-18-52)132(106,107)108/h9-50H,1-8H3,(H,103,104,105)(H,106,107,108)(H,109,110,111)(H,112,113,114)(H,115,116,117)(H,118,119,120)(H,121,122,123)(H,124,125,126). The van der Waals surface area contributed by atoms with Crippen LogP contribution in [0.5, 0.6) is 46.0 Å². The Balaban J connectivity index is 1.16. The van der Waals surface area contributed by atoms with Crippen LogP contribution in [0.15, 0.2) is 270 Å². The molecule has 0 atom stereocenters. The lowest BCUT2D eigenvalue weighted by molar-refractivity contribution is 0.0877. The van der Waals surface area contributed by atoms with Crippen LogP contribution < -0.4 is 28.7 Å². The first kappa shape index (κ1) is 96.1. The van der Waals surface area contributed by atoms with E-state index in [2.05, 4.69) is 0 Å². The Kier molecular flexibility index (Phi) is 23.8. The van der Waals surface area contributed by atoms with Crippen molar-refractivity contribution in [2.45, 2.75) is 118 Å². The molecule has 0 bridgehead atoms. The Labute approximate surface area is 788 Å². The summed E-state index contributed by atoms with van der Waals surface area (Å²) in [6.07, 6.45) is 0. The minimum absolute atomic E-state index is 0.0390. The van der Waals surface area contributed by atoms with Gasteiger partial charge < -0.3 is 18.9 Å². The van der Waals surface area contributed by atoms with Crippen molar-refractivity contribution in [3.8, 4) is 90.5 Å². The molecule has 2 aliphatic heterocycles. The van der Waals surface area contributed by atoms with Gasteiger partial charge >= 0.3 is 0 Å². The predicted molar refractivity (Wildman–Crippen MR) is 505 cm³/mol. The van der Waals surface area contributed by atoms with Gasteiger partial charge in [0.1, 0.15) is 46.0 Å². The number of carbonyl (C=O) groups excluding carboxylic acids is 4. The Morgan fingerprint density at radius 2 is 0.377 bits per heavy atom. The summed E-state index contributed by atoms with van der Waals surface area (Å²) >= 11 is 0. The summed E-state index contributed by atoms with van der Waals surface area (Å²) in [5.74, 6) is -11.2. The Hall–Kier alpha value is -13.6. The predicted octanol–water partition coefficient (Wildman–Crippen LogP) is 19.6. The van der Waals surface area contributed by atoms with E-state index >= 15 is 19.2 Å². The third-order valence-electron chi connectivity index (χ3n) is 23.8. The topological polar surface area (TPSA) is 547 Å². The number of hydrogen-bond acceptors (Lipinski definition) is 24. The third kappa shape index (κ3) is 17.3. The van der Waals surface area contributed by atoms with Gasteiger partial charge in [0, 0.05) is 65.3 Å². The molecule has 0 fully saturated rings. The molecule has 15 aromatic carbocycles. The fourth-order valence-corrected chi connectivity index (χ4v) is 21.4. The summed E-state index contributed by atoms with van der Waals surface area (Å²) in [5, 5.41) is -3.55. The molecule has 2 aliphatic rings. The first-order valence-corrected chi connectivity index (χ1v) is 52.9. The van der Waals surface area contributed by atoms with E-state index in [-0.39, 0.29) is 66.7 Å². The molecule has 2 heterocycles. The van der Waals surface area contributed by atoms with Crippen LogP contribution in [0.3, 0.4) is 0 Å². The van der Waals surface area contributed by atoms with E-state index in [1.54, 1.807) is 91.8 Å². The molecule has 0 aromatic heterocycles. The molecule has 708 valence electrons. The second kappa shape index (κ2) is 34.2. The van der Waals surface area contributed by atoms with Crippen LogP contribution in [0, 0.1) is 0 Å². The lowest BCUT2D eigenvalue weighted by Gasteiger charge is -2.35. The van der Waals surface area contributed by atoms with E-state index in [9.17, 15) is 104 Å². The van der Waals surface area contributed by atoms with Gasteiger partial charge in [0.25, 0.3) is 105 Å². The lowest BCUT2D eigenvalue weighted by atomic mass is 9.80. The lowest BCUT2D eigenvalue weighted by Crippen LogP contribution is -2.42. The number of anilines is 2. The zero-order valence-electron chi connectivity index (χ0n) is 72.8. The summed E-state index contributed by atoms with van der Waals surface area (Å²) < 4.78 is 325. The van der Waals surface area contributed by atoms with Crippen molar-refractivity contribution in [3.63, 3.8) is 0 Å². The summed E-state index contributed by atoms with van der Waals surface area (Å²) in [6.45, 7) is 14.2. The molecule has 0 spiro atoms. The van der Waals surface area contributed by atoms with E-state index in [1.807, 2.05) is 0 Å². The van der Waals surface area contributed by atoms with Gasteiger partial charge in [-0.25, -0.2) is 9.80 Å². The SMILES string of the molecule is CC(C)c1cccc(C(C)C)c1N1C(=O)c2cc(Oc3ccc(S(=O)(=O)O)cc3-c3ccc(S(=O)(=O)O)cc3)c3c4c(Oc5ccc(S(=O)(=O)O)cc5-c5ccc(S(=O)(=O)O)cc5)cc5c6c(cc(Oc7ccc(S(=O)(=O)O)cc7-c7ccc(S(=O)(=O)O)cc7)c(c7c(Oc8ccc(S(=O)(=O)O)cc8-c8ccc(S(=O)(=O)O)cc8)cc(c2c37)C1=O)c64)C(=O)N(c1c(C(C)C)cccc1C(C)C)C5=O. The molecule has 0 saturated heterocycles. The number of ether oxygens (including phenoxy) is 4. The Morgan fingerprint density at radius 1 is 0.203 bits per heavy atom. The van der Waals surface area contributed by atoms with E-state index in [0.717, 1.165) is 204 Å². The molecule has 34 nitrogen and oxygen atoms in total. The second-order valence-corrected chi connectivity index (χ2v) is 45.1. The van der Waals surface area contributed by atoms with E-state index in [4.69, 9.17) is 18.9 Å². The summed E-state index contributed by atoms with van der Waals surface area (Å²) in [6, 6.07) is 41.6. The summed E-state index contributed by atoms with van der Waals surface area (Å²) in [7, 11) is -41.2. The van der Waals surface area contributed by atoms with Crippen LogP contribution in [0.25, 0.3) is 87.6 Å². The van der Waals surface area contributed by atoms with Crippen LogP contribution in [0.2, 0.25) is 0 Å². The highest BCUT2D eigenvalue weighted by molar-refractivity contribution is 7.87. The molecule has 0 radical (unpaired) electrons. The van der Waals surface area contributed by atoms with Gasteiger partial charge in [-0.15, -0.1) is 0 Å². The molecular formula is C96H74N2O32S8. The molecule has 42 heteroatoms. The number of hydrogen-bond donors (Lipinski definition) is 8. The average Bonchev–Trinajstić information content (AvgIpc) is 0.665. The molecule has 138 heavy (non-hydrogen) atoms. The number of rotatable bonds is 26. The molecule has 0 aliphatic carbocycles. The smallest absolute Gasteiger partial charge is 0.294 e. The Morgan fingerprint density at radius 3 is 0.543 bits per heavy atom. The number of imide groups is 2. The monoisotopic (exact) mass is 2020 g/mol. The van der Waals surface area contributed by atoms with Crippen molar-refractivity contribution in [3.05, 3.63) is 275 Å². The van der Waals surface area contributed by atoms with Gasteiger partial charge in [-0.1, -0.05) is 140 Å².